The normalized spacial score (nSPS) is 27.2. The second kappa shape index (κ2) is 3.37. The molecule has 0 aromatic carbocycles. The number of hydrogen-bond acceptors (Lipinski definition) is 0. The Balaban J connectivity index is 2.74. The minimum Gasteiger partial charge on any atom is -0.0576 e. The Morgan fingerprint density at radius 2 is 2.11 bits per heavy atom. The third kappa shape index (κ3) is 2.22. The van der Waals surface area contributed by atoms with Crippen molar-refractivity contribution in [1.29, 1.82) is 0 Å². The molecule has 1 aliphatic rings. The van der Waals surface area contributed by atoms with Gasteiger partial charge in [-0.25, -0.2) is 0 Å². The Morgan fingerprint density at radius 3 is 2.56 bits per heavy atom. The van der Waals surface area contributed by atoms with Crippen LogP contribution in [-0.2, 0) is 0 Å². The molecule has 0 spiro atoms. The van der Waals surface area contributed by atoms with Crippen molar-refractivity contribution in [3.8, 4) is 0 Å². The van der Waals surface area contributed by atoms with E-state index >= 15 is 0 Å². The first-order valence-corrected chi connectivity index (χ1v) is 5.07. The lowest BCUT2D eigenvalue weighted by Gasteiger charge is -2.13. The molecule has 0 nitrogen and oxygen atoms in total. The minimum atomic E-state index is 0.752. The molecule has 0 N–H and O–H groups in total. The largest absolute Gasteiger partial charge is 0.0576 e. The van der Waals surface area contributed by atoms with E-state index in [4.69, 9.17) is 0 Å². The Kier molecular flexibility index (Phi) is 3.01. The van der Waals surface area contributed by atoms with Crippen molar-refractivity contribution < 1.29 is 0 Å². The van der Waals surface area contributed by atoms with E-state index in [-0.39, 0.29) is 0 Å². The molecule has 1 aliphatic carbocycles. The summed E-state index contributed by atoms with van der Waals surface area (Å²) in [7, 11) is 0. The highest BCUT2D eigenvalue weighted by Gasteiger charge is 2.09. The summed E-state index contributed by atoms with van der Waals surface area (Å²) >= 11 is 4.80. The average Bonchev–Trinajstić information content (AvgIpc) is 1.80. The molecule has 1 unspecified atom stereocenters. The fourth-order valence-corrected chi connectivity index (χ4v) is 2.03. The van der Waals surface area contributed by atoms with Gasteiger partial charge in [0.05, 0.1) is 0 Å². The van der Waals surface area contributed by atoms with Crippen LogP contribution in [0, 0.1) is 5.92 Å². The maximum atomic E-state index is 2.41. The van der Waals surface area contributed by atoms with E-state index in [9.17, 15) is 0 Å². The van der Waals surface area contributed by atoms with Gasteiger partial charge >= 0.3 is 0 Å². The molecule has 0 aromatic rings. The van der Waals surface area contributed by atoms with Crippen LogP contribution in [0.25, 0.3) is 0 Å². The second-order valence-corrected chi connectivity index (χ2v) is 4.90. The van der Waals surface area contributed by atoms with Gasteiger partial charge in [0.2, 0.25) is 0 Å². The molecule has 0 saturated carbocycles. The van der Waals surface area contributed by atoms with Crippen LogP contribution in [0.5, 0.6) is 0 Å². The third-order valence-corrected chi connectivity index (χ3v) is 3.62. The van der Waals surface area contributed by atoms with Gasteiger partial charge in [0, 0.05) is 0 Å². The second-order valence-electron chi connectivity index (χ2n) is 2.27. The molecule has 0 heterocycles. The summed E-state index contributed by atoms with van der Waals surface area (Å²) in [6.07, 6.45) is 5.63. The highest BCUT2D eigenvalue weighted by atomic mass is 127. The molecule has 0 radical (unpaired) electrons. The molecule has 0 aromatic heterocycles. The van der Waals surface area contributed by atoms with Crippen LogP contribution in [0.4, 0.5) is 0 Å². The number of halogens is 2. The zero-order valence-corrected chi connectivity index (χ0v) is 9.51. The molecule has 0 amide bonds. The summed E-state index contributed by atoms with van der Waals surface area (Å²) in [6.45, 7) is 2.27. The van der Waals surface area contributed by atoms with Crippen molar-refractivity contribution >= 4 is 45.2 Å². The first kappa shape index (κ1) is 8.04. The SMILES string of the molecule is CC1CC(I)=CC=C1I. The van der Waals surface area contributed by atoms with Crippen LogP contribution in [-0.4, -0.2) is 0 Å². The van der Waals surface area contributed by atoms with Crippen molar-refractivity contribution in [3.05, 3.63) is 19.3 Å². The molecule has 0 fully saturated rings. The van der Waals surface area contributed by atoms with Gasteiger partial charge in [-0.2, -0.15) is 0 Å². The molecule has 2 heteroatoms. The van der Waals surface area contributed by atoms with Crippen molar-refractivity contribution in [3.63, 3.8) is 0 Å². The zero-order valence-electron chi connectivity index (χ0n) is 5.20. The standard InChI is InChI=1S/C7H8I2/c1-5-4-6(8)2-3-7(5)9/h2-3,5H,4H2,1H3. The third-order valence-electron chi connectivity index (χ3n) is 1.40. The summed E-state index contributed by atoms with van der Waals surface area (Å²) in [5.74, 6) is 0.752. The van der Waals surface area contributed by atoms with Gasteiger partial charge < -0.3 is 0 Å². The Hall–Kier alpha value is 0.940. The van der Waals surface area contributed by atoms with Crippen LogP contribution in [0.1, 0.15) is 13.3 Å². The van der Waals surface area contributed by atoms with E-state index in [0.717, 1.165) is 5.92 Å². The lowest BCUT2D eigenvalue weighted by molar-refractivity contribution is 0.728. The molecule has 0 bridgehead atoms. The molecule has 0 aliphatic heterocycles. The summed E-state index contributed by atoms with van der Waals surface area (Å²) < 4.78 is 2.95. The maximum absolute atomic E-state index is 2.41. The van der Waals surface area contributed by atoms with E-state index in [1.165, 1.54) is 13.6 Å². The van der Waals surface area contributed by atoms with Gasteiger partial charge in [-0.3, -0.25) is 0 Å². The average molecular weight is 346 g/mol. The zero-order chi connectivity index (χ0) is 6.85. The van der Waals surface area contributed by atoms with Gasteiger partial charge in [0.15, 0.2) is 0 Å². The Bertz CT molecular complexity index is 168. The lowest BCUT2D eigenvalue weighted by atomic mass is 10.0. The molecule has 9 heavy (non-hydrogen) atoms. The quantitative estimate of drug-likeness (QED) is 0.588. The predicted octanol–water partition coefficient (Wildman–Crippen LogP) is 3.66. The van der Waals surface area contributed by atoms with Crippen LogP contribution < -0.4 is 0 Å². The fraction of sp³-hybridized carbons (Fsp3) is 0.429. The topological polar surface area (TPSA) is 0 Å². The summed E-state index contributed by atoms with van der Waals surface area (Å²) in [5, 5.41) is 0. The van der Waals surface area contributed by atoms with E-state index in [2.05, 4.69) is 64.3 Å². The summed E-state index contributed by atoms with van der Waals surface area (Å²) in [5.41, 5.74) is 0. The molecule has 0 saturated heterocycles. The lowest BCUT2D eigenvalue weighted by Crippen LogP contribution is -1.96. The number of rotatable bonds is 0. The van der Waals surface area contributed by atoms with Crippen molar-refractivity contribution in [2.75, 3.05) is 0 Å². The Labute approximate surface area is 83.1 Å². The monoisotopic (exact) mass is 346 g/mol. The minimum absolute atomic E-state index is 0.752. The number of hydrogen-bond donors (Lipinski definition) is 0. The van der Waals surface area contributed by atoms with Crippen molar-refractivity contribution in [2.45, 2.75) is 13.3 Å². The van der Waals surface area contributed by atoms with E-state index < -0.39 is 0 Å². The van der Waals surface area contributed by atoms with E-state index in [1.807, 2.05) is 0 Å². The van der Waals surface area contributed by atoms with Gasteiger partial charge in [-0.1, -0.05) is 19.1 Å². The molecular formula is C7H8I2. The first-order chi connectivity index (χ1) is 4.20. The number of allylic oxidation sites excluding steroid dienone is 4. The van der Waals surface area contributed by atoms with Crippen LogP contribution in [0.3, 0.4) is 0 Å². The van der Waals surface area contributed by atoms with Gasteiger partial charge in [-0.05, 0) is 64.7 Å². The van der Waals surface area contributed by atoms with Gasteiger partial charge in [0.1, 0.15) is 0 Å². The highest BCUT2D eigenvalue weighted by Crippen LogP contribution is 2.31. The van der Waals surface area contributed by atoms with Crippen LogP contribution in [0.2, 0.25) is 0 Å². The Morgan fingerprint density at radius 1 is 1.44 bits per heavy atom. The highest BCUT2D eigenvalue weighted by molar-refractivity contribution is 14.1. The van der Waals surface area contributed by atoms with E-state index in [0.29, 0.717) is 0 Å². The summed E-state index contributed by atoms with van der Waals surface area (Å²) in [4.78, 5) is 0. The van der Waals surface area contributed by atoms with Crippen molar-refractivity contribution in [1.82, 2.24) is 0 Å². The molecule has 1 rings (SSSR count). The van der Waals surface area contributed by atoms with E-state index in [1.54, 1.807) is 0 Å². The van der Waals surface area contributed by atoms with Crippen LogP contribution >= 0.6 is 45.2 Å². The van der Waals surface area contributed by atoms with Gasteiger partial charge in [0.25, 0.3) is 0 Å². The fourth-order valence-electron chi connectivity index (χ4n) is 0.792. The predicted molar refractivity (Wildman–Crippen MR) is 58.0 cm³/mol. The van der Waals surface area contributed by atoms with Crippen LogP contribution in [0.15, 0.2) is 19.3 Å². The maximum Gasteiger partial charge on any atom is -0.00621 e. The summed E-state index contributed by atoms with van der Waals surface area (Å²) in [6, 6.07) is 0. The molecule has 1 atom stereocenters. The van der Waals surface area contributed by atoms with Gasteiger partial charge in [-0.15, -0.1) is 0 Å². The smallest absolute Gasteiger partial charge is 0.00621 e. The van der Waals surface area contributed by atoms with Crippen molar-refractivity contribution in [2.24, 2.45) is 5.92 Å². The molecular weight excluding hydrogens is 338 g/mol. The molecule has 50 valence electrons. The first-order valence-electron chi connectivity index (χ1n) is 2.92.